The van der Waals surface area contributed by atoms with Gasteiger partial charge in [0, 0.05) is 18.3 Å². The molecule has 0 bridgehead atoms. The average Bonchev–Trinajstić information content (AvgIpc) is 2.79. The molecule has 0 radical (unpaired) electrons. The Balaban J connectivity index is 2.33. The van der Waals surface area contributed by atoms with Crippen LogP contribution in [0.3, 0.4) is 0 Å². The maximum Gasteiger partial charge on any atom is 0.186 e. The van der Waals surface area contributed by atoms with E-state index in [1.807, 2.05) is 23.6 Å². The fourth-order valence-electron chi connectivity index (χ4n) is 1.24. The van der Waals surface area contributed by atoms with Gasteiger partial charge < -0.3 is 0 Å². The van der Waals surface area contributed by atoms with Gasteiger partial charge in [-0.1, -0.05) is 11.3 Å². The zero-order valence-electron chi connectivity index (χ0n) is 7.64. The highest BCUT2D eigenvalue weighted by Gasteiger charge is 2.10. The Morgan fingerprint density at radius 3 is 3.14 bits per heavy atom. The third-order valence-corrected chi connectivity index (χ3v) is 2.85. The van der Waals surface area contributed by atoms with Crippen LogP contribution in [-0.4, -0.2) is 15.0 Å². The van der Waals surface area contributed by atoms with Crippen molar-refractivity contribution in [2.75, 3.05) is 0 Å². The molecule has 0 unspecified atom stereocenters. The van der Waals surface area contributed by atoms with Crippen molar-refractivity contribution in [3.8, 4) is 6.07 Å². The van der Waals surface area contributed by atoms with Crippen molar-refractivity contribution in [3.05, 3.63) is 33.8 Å². The number of nitrogens with zero attached hydrogens (tertiary/aromatic N) is 4. The van der Waals surface area contributed by atoms with Crippen molar-refractivity contribution >= 4 is 11.3 Å². The summed E-state index contributed by atoms with van der Waals surface area (Å²) >= 11 is 1.67. The lowest BCUT2D eigenvalue weighted by Crippen LogP contribution is -1.99. The summed E-state index contributed by atoms with van der Waals surface area (Å²) < 4.78 is 1.65. The molecule has 0 saturated carbocycles. The summed E-state index contributed by atoms with van der Waals surface area (Å²) in [6.45, 7) is 0. The second-order valence-electron chi connectivity index (χ2n) is 2.88. The molecule has 0 aliphatic heterocycles. The minimum absolute atomic E-state index is 0.418. The molecular weight excluding hydrogens is 196 g/mol. The second-order valence-corrected chi connectivity index (χ2v) is 3.91. The summed E-state index contributed by atoms with van der Waals surface area (Å²) in [5, 5.41) is 18.4. The highest BCUT2D eigenvalue weighted by molar-refractivity contribution is 7.09. The quantitative estimate of drug-likeness (QED) is 0.741. The highest BCUT2D eigenvalue weighted by atomic mass is 32.1. The highest BCUT2D eigenvalue weighted by Crippen LogP contribution is 2.15. The van der Waals surface area contributed by atoms with E-state index in [0.29, 0.717) is 5.69 Å². The van der Waals surface area contributed by atoms with Gasteiger partial charge in [-0.2, -0.15) is 5.26 Å². The van der Waals surface area contributed by atoms with Crippen LogP contribution >= 0.6 is 11.3 Å². The van der Waals surface area contributed by atoms with Gasteiger partial charge in [0.25, 0.3) is 0 Å². The Morgan fingerprint density at radius 2 is 2.50 bits per heavy atom. The van der Waals surface area contributed by atoms with Crippen LogP contribution < -0.4 is 0 Å². The predicted molar refractivity (Wildman–Crippen MR) is 52.8 cm³/mol. The molecule has 0 aromatic carbocycles. The number of hydrogen-bond acceptors (Lipinski definition) is 4. The molecule has 0 spiro atoms. The van der Waals surface area contributed by atoms with Crippen LogP contribution in [0.2, 0.25) is 0 Å². The maximum atomic E-state index is 8.80. The Morgan fingerprint density at radius 1 is 1.64 bits per heavy atom. The van der Waals surface area contributed by atoms with Crippen LogP contribution in [0, 0.1) is 11.3 Å². The summed E-state index contributed by atoms with van der Waals surface area (Å²) in [6, 6.07) is 6.08. The van der Waals surface area contributed by atoms with E-state index in [4.69, 9.17) is 5.26 Å². The van der Waals surface area contributed by atoms with Crippen molar-refractivity contribution in [2.45, 2.75) is 6.42 Å². The van der Waals surface area contributed by atoms with Gasteiger partial charge in [0.05, 0.1) is 5.69 Å². The third kappa shape index (κ3) is 1.52. The molecule has 2 aromatic rings. The zero-order chi connectivity index (χ0) is 9.97. The van der Waals surface area contributed by atoms with Crippen LogP contribution in [0.4, 0.5) is 0 Å². The monoisotopic (exact) mass is 204 g/mol. The van der Waals surface area contributed by atoms with Gasteiger partial charge in [0.15, 0.2) is 5.69 Å². The molecule has 2 aromatic heterocycles. The average molecular weight is 204 g/mol. The number of rotatable bonds is 2. The SMILES string of the molecule is Cn1nnc(C#N)c1Cc1cccs1. The summed E-state index contributed by atoms with van der Waals surface area (Å²) in [6.07, 6.45) is 0.726. The first-order valence-corrected chi connectivity index (χ1v) is 5.00. The van der Waals surface area contributed by atoms with Crippen molar-refractivity contribution in [2.24, 2.45) is 7.05 Å². The van der Waals surface area contributed by atoms with Gasteiger partial charge in [-0.05, 0) is 11.4 Å². The first kappa shape index (κ1) is 8.91. The molecule has 70 valence electrons. The molecule has 0 N–H and O–H groups in total. The van der Waals surface area contributed by atoms with Crippen molar-refractivity contribution < 1.29 is 0 Å². The van der Waals surface area contributed by atoms with Gasteiger partial charge in [0.1, 0.15) is 6.07 Å². The van der Waals surface area contributed by atoms with E-state index in [1.165, 1.54) is 4.88 Å². The van der Waals surface area contributed by atoms with Gasteiger partial charge in [-0.25, -0.2) is 0 Å². The summed E-state index contributed by atoms with van der Waals surface area (Å²) in [7, 11) is 1.80. The Labute approximate surface area is 85.4 Å². The molecule has 14 heavy (non-hydrogen) atoms. The lowest BCUT2D eigenvalue weighted by atomic mass is 10.2. The molecule has 0 amide bonds. The lowest BCUT2D eigenvalue weighted by molar-refractivity contribution is 0.687. The zero-order valence-corrected chi connectivity index (χ0v) is 8.45. The standard InChI is InChI=1S/C9H8N4S/c1-13-9(8(6-10)11-12-13)5-7-3-2-4-14-7/h2-4H,5H2,1H3. The minimum Gasteiger partial charge on any atom is -0.251 e. The van der Waals surface area contributed by atoms with Crippen molar-refractivity contribution in [3.63, 3.8) is 0 Å². The van der Waals surface area contributed by atoms with Crippen LogP contribution in [0.15, 0.2) is 17.5 Å². The number of hydrogen-bond donors (Lipinski definition) is 0. The summed E-state index contributed by atoms with van der Waals surface area (Å²) in [5.41, 5.74) is 1.29. The first-order chi connectivity index (χ1) is 6.81. The maximum absolute atomic E-state index is 8.80. The summed E-state index contributed by atoms with van der Waals surface area (Å²) in [4.78, 5) is 1.21. The van der Waals surface area contributed by atoms with Crippen molar-refractivity contribution in [1.82, 2.24) is 15.0 Å². The van der Waals surface area contributed by atoms with Gasteiger partial charge in [0.2, 0.25) is 0 Å². The fraction of sp³-hybridized carbons (Fsp3) is 0.222. The molecule has 0 saturated heterocycles. The second kappa shape index (κ2) is 3.60. The van der Waals surface area contributed by atoms with Gasteiger partial charge >= 0.3 is 0 Å². The number of aryl methyl sites for hydroxylation is 1. The Kier molecular flexibility index (Phi) is 2.29. The van der Waals surface area contributed by atoms with Gasteiger partial charge in [-0.15, -0.1) is 16.4 Å². The van der Waals surface area contributed by atoms with Crippen LogP contribution in [0.5, 0.6) is 0 Å². The lowest BCUT2D eigenvalue weighted by Gasteiger charge is -1.97. The van der Waals surface area contributed by atoms with Crippen molar-refractivity contribution in [1.29, 1.82) is 5.26 Å². The Bertz CT molecular complexity index is 463. The smallest absolute Gasteiger partial charge is 0.186 e. The molecule has 2 heterocycles. The van der Waals surface area contributed by atoms with E-state index < -0.39 is 0 Å². The van der Waals surface area contributed by atoms with Gasteiger partial charge in [-0.3, -0.25) is 4.68 Å². The number of nitriles is 1. The largest absolute Gasteiger partial charge is 0.251 e. The fourth-order valence-corrected chi connectivity index (χ4v) is 1.95. The van der Waals surface area contributed by atoms with E-state index in [-0.39, 0.29) is 0 Å². The third-order valence-electron chi connectivity index (χ3n) is 1.97. The molecule has 0 fully saturated rings. The Hall–Kier alpha value is -1.67. The molecule has 0 aliphatic rings. The normalized spacial score (nSPS) is 10.0. The molecule has 0 aliphatic carbocycles. The summed E-state index contributed by atoms with van der Waals surface area (Å²) in [5.74, 6) is 0. The number of thiophene rings is 1. The molecule has 4 nitrogen and oxygen atoms in total. The number of aromatic nitrogens is 3. The van der Waals surface area contributed by atoms with E-state index in [1.54, 1.807) is 23.1 Å². The van der Waals surface area contributed by atoms with Crippen LogP contribution in [0.1, 0.15) is 16.3 Å². The molecular formula is C9H8N4S. The van der Waals surface area contributed by atoms with Crippen LogP contribution in [0.25, 0.3) is 0 Å². The van der Waals surface area contributed by atoms with E-state index in [9.17, 15) is 0 Å². The van der Waals surface area contributed by atoms with E-state index in [0.717, 1.165) is 12.1 Å². The van der Waals surface area contributed by atoms with E-state index >= 15 is 0 Å². The van der Waals surface area contributed by atoms with Crippen LogP contribution in [-0.2, 0) is 13.5 Å². The topological polar surface area (TPSA) is 54.5 Å². The molecule has 0 atom stereocenters. The molecule has 5 heteroatoms. The van der Waals surface area contributed by atoms with E-state index in [2.05, 4.69) is 10.3 Å². The first-order valence-electron chi connectivity index (χ1n) is 4.12. The predicted octanol–water partition coefficient (Wildman–Crippen LogP) is 1.34. The molecule has 2 rings (SSSR count). The minimum atomic E-state index is 0.418.